The number of amides is 1. The molecule has 0 bridgehead atoms. The van der Waals surface area contributed by atoms with Crippen LogP contribution in [0.5, 0.6) is 0 Å². The van der Waals surface area contributed by atoms with E-state index in [0.717, 1.165) is 5.56 Å². The molecular weight excluding hydrogens is 893 g/mol. The van der Waals surface area contributed by atoms with Crippen LogP contribution < -0.4 is 10.2 Å². The predicted molar refractivity (Wildman–Crippen MR) is 203 cm³/mol. The monoisotopic (exact) mass is 936 g/mol. The second-order valence-corrected chi connectivity index (χ2v) is 16.9. The summed E-state index contributed by atoms with van der Waals surface area (Å²) >= 11 is 0. The predicted octanol–water partition coefficient (Wildman–Crippen LogP) is -1.46. The van der Waals surface area contributed by atoms with Crippen LogP contribution in [0, 0.1) is 11.8 Å². The maximum atomic E-state index is 13.6. The number of benzene rings is 2. The molecule has 2 heterocycles. The summed E-state index contributed by atoms with van der Waals surface area (Å²) in [6.45, 7) is -1.03. The lowest BCUT2D eigenvalue weighted by atomic mass is 9.97. The first-order valence-electron chi connectivity index (χ1n) is 17.0. The normalized spacial score (nSPS) is 22.9. The lowest BCUT2D eigenvalue weighted by Gasteiger charge is -2.42. The third-order valence-corrected chi connectivity index (χ3v) is 10.4. The Labute approximate surface area is 346 Å². The number of anilines is 1. The maximum absolute atomic E-state index is 13.6. The highest BCUT2D eigenvalue weighted by Gasteiger charge is 2.51. The first-order valence-corrected chi connectivity index (χ1v) is 22.5. The number of hydrogen-bond donors (Lipinski definition) is 8. The second kappa shape index (κ2) is 21.2. The van der Waals surface area contributed by atoms with Crippen LogP contribution in [0.25, 0.3) is 0 Å². The number of fused-ring (bicyclic) bond motifs is 2. The summed E-state index contributed by atoms with van der Waals surface area (Å²) in [5, 5.41) is 34.9. The van der Waals surface area contributed by atoms with E-state index in [1.165, 1.54) is 11.8 Å². The maximum Gasteiger partial charge on any atom is 0.397 e. The van der Waals surface area contributed by atoms with Gasteiger partial charge in [0, 0.05) is 30.6 Å². The Balaban J connectivity index is 0.00000961. The van der Waals surface area contributed by atoms with E-state index < -0.39 is 116 Å². The van der Waals surface area contributed by atoms with Crippen molar-refractivity contribution >= 4 is 53.2 Å². The van der Waals surface area contributed by atoms with E-state index in [9.17, 15) is 72.0 Å². The molecule has 9 atom stereocenters. The van der Waals surface area contributed by atoms with Crippen molar-refractivity contribution in [1.29, 1.82) is 0 Å². The number of rotatable bonds is 20. The Morgan fingerprint density at radius 2 is 1.42 bits per heavy atom. The first kappa shape index (κ1) is 51.1. The van der Waals surface area contributed by atoms with Crippen molar-refractivity contribution in [2.45, 2.75) is 88.9 Å². The van der Waals surface area contributed by atoms with Crippen molar-refractivity contribution in [3.63, 3.8) is 0 Å². The highest BCUT2D eigenvalue weighted by Crippen LogP contribution is 2.31. The molecule has 8 N–H and O–H groups in total. The van der Waals surface area contributed by atoms with Gasteiger partial charge in [-0.2, -0.15) is 33.7 Å². The van der Waals surface area contributed by atoms with Gasteiger partial charge in [0.1, 0.15) is 36.6 Å². The van der Waals surface area contributed by atoms with Crippen molar-refractivity contribution in [3.05, 3.63) is 65.2 Å². The summed E-state index contributed by atoms with van der Waals surface area (Å²) in [7, 11) is -22.2. The van der Waals surface area contributed by atoms with Gasteiger partial charge in [-0.25, -0.2) is 16.7 Å². The van der Waals surface area contributed by atoms with Crippen LogP contribution in [0.15, 0.2) is 48.5 Å². The summed E-state index contributed by atoms with van der Waals surface area (Å²) in [5.41, 5.74) is 2.42. The molecule has 0 radical (unpaired) electrons. The van der Waals surface area contributed by atoms with Gasteiger partial charge in [-0.05, 0) is 30.2 Å². The number of nitrogens with zero attached hydrogens (tertiary/aromatic N) is 1. The highest BCUT2D eigenvalue weighted by atomic mass is 32.3. The van der Waals surface area contributed by atoms with Gasteiger partial charge >= 0.3 is 41.6 Å². The van der Waals surface area contributed by atoms with Gasteiger partial charge in [-0.3, -0.25) is 23.0 Å². The zero-order valence-electron chi connectivity index (χ0n) is 30.4. The summed E-state index contributed by atoms with van der Waals surface area (Å²) in [5.74, 6) is 5.62. The minimum Gasteiger partial charge on any atom is -0.388 e. The number of ether oxygens (including phenoxy) is 2. The molecule has 24 nitrogen and oxygen atoms in total. The average molecular weight is 937 g/mol. The average Bonchev–Trinajstić information content (AvgIpc) is 3.11. The van der Waals surface area contributed by atoms with E-state index in [2.05, 4.69) is 33.9 Å². The van der Waals surface area contributed by atoms with Gasteiger partial charge in [0.15, 0.2) is 12.4 Å². The molecular formula is C32H44N2O22S4. The Bertz CT molecular complexity index is 2300. The number of nitrogens with one attached hydrogen (secondary N) is 1. The summed E-state index contributed by atoms with van der Waals surface area (Å²) < 4.78 is 159. The smallest absolute Gasteiger partial charge is 0.388 e. The Hall–Kier alpha value is -3.29. The number of aliphatic hydroxyl groups excluding tert-OH is 3. The van der Waals surface area contributed by atoms with E-state index in [-0.39, 0.29) is 33.4 Å². The largest absolute Gasteiger partial charge is 0.397 e. The molecule has 0 saturated carbocycles. The Kier molecular flexibility index (Phi) is 18.0. The van der Waals surface area contributed by atoms with Crippen LogP contribution >= 0.6 is 0 Å². The van der Waals surface area contributed by atoms with Gasteiger partial charge in [0.2, 0.25) is 5.91 Å². The first-order chi connectivity index (χ1) is 27.4. The van der Waals surface area contributed by atoms with Gasteiger partial charge in [-0.15, -0.1) is 0 Å². The molecule has 1 fully saturated rings. The van der Waals surface area contributed by atoms with E-state index >= 15 is 0 Å². The fourth-order valence-corrected chi connectivity index (χ4v) is 7.98. The van der Waals surface area contributed by atoms with Gasteiger partial charge in [0.25, 0.3) is 0 Å². The molecule has 60 heavy (non-hydrogen) atoms. The van der Waals surface area contributed by atoms with Crippen molar-refractivity contribution in [1.82, 2.24) is 5.32 Å². The van der Waals surface area contributed by atoms with Gasteiger partial charge < -0.3 is 35.0 Å². The molecule has 4 rings (SSSR count). The van der Waals surface area contributed by atoms with Crippen LogP contribution in [-0.4, -0.2) is 148 Å². The van der Waals surface area contributed by atoms with Crippen LogP contribution in [0.3, 0.4) is 0 Å². The SMILES string of the molecule is C.CCC1OC(OCC(O)C(O)C(OS(=O)(=O)O)C(CNCCC(=O)N2Cc3ccccc3C#Cc3ccccc32)OS(=O)(=O)O)C(OS(=O)(=O)O)C(OS(=O)(=O)O)C1O. The van der Waals surface area contributed by atoms with E-state index in [1.807, 2.05) is 0 Å². The summed E-state index contributed by atoms with van der Waals surface area (Å²) in [6, 6.07) is 13.9. The fraction of sp³-hybridized carbons (Fsp3) is 0.531. The standard InChI is InChI=1S/C31H40N2O22S4.CH4/c1-2-23-27(37)29(54-58(44,45)46)30(55-59(47,48)49)31(51-23)50-17-22(34)26(36)28(53-57(41,42)43)24(52-56(38,39)40)15-32-14-13-25(35)33-16-20-9-4-3-7-18(20)11-12-19-8-5-6-10-21(19)33;/h3-10,22-24,26-32,34,36-37H,2,13-17H2,1H3,(H,38,39,40)(H,41,42,43)(H,44,45,46)(H,47,48,49);1H4. The Morgan fingerprint density at radius 1 is 0.850 bits per heavy atom. The molecule has 2 aromatic carbocycles. The zero-order valence-corrected chi connectivity index (χ0v) is 33.7. The lowest BCUT2D eigenvalue weighted by Crippen LogP contribution is -2.61. The van der Waals surface area contributed by atoms with Crippen LogP contribution in [0.1, 0.15) is 43.9 Å². The molecule has 1 saturated heterocycles. The summed E-state index contributed by atoms with van der Waals surface area (Å²) in [4.78, 5) is 15.0. The minimum atomic E-state index is -5.66. The van der Waals surface area contributed by atoms with Crippen LogP contribution in [-0.2, 0) is 79.1 Å². The zero-order chi connectivity index (χ0) is 43.9. The van der Waals surface area contributed by atoms with Crippen LogP contribution in [0.2, 0.25) is 0 Å². The summed E-state index contributed by atoms with van der Waals surface area (Å²) in [6.07, 6.45) is -21.3. The quantitative estimate of drug-likeness (QED) is 0.0427. The van der Waals surface area contributed by atoms with Crippen molar-refractivity contribution in [2.24, 2.45) is 0 Å². The Morgan fingerprint density at radius 3 is 2.02 bits per heavy atom. The second-order valence-electron chi connectivity index (χ2n) is 12.7. The van der Waals surface area contributed by atoms with E-state index in [1.54, 1.807) is 48.5 Å². The van der Waals surface area contributed by atoms with Gasteiger partial charge in [-0.1, -0.05) is 56.5 Å². The number of carbonyl (C=O) groups is 1. The lowest BCUT2D eigenvalue weighted by molar-refractivity contribution is -0.293. The fourth-order valence-electron chi connectivity index (χ4n) is 5.99. The number of aliphatic hydroxyl groups is 3. The number of para-hydroxylation sites is 1. The molecule has 28 heteroatoms. The van der Waals surface area contributed by atoms with Crippen molar-refractivity contribution < 1.29 is 98.2 Å². The number of carbonyl (C=O) groups excluding carboxylic acids is 1. The highest BCUT2D eigenvalue weighted by molar-refractivity contribution is 7.81. The third-order valence-electron chi connectivity index (χ3n) is 8.53. The molecule has 9 unspecified atom stereocenters. The number of hydrogen-bond acceptors (Lipinski definition) is 19. The van der Waals surface area contributed by atoms with Gasteiger partial charge in [0.05, 0.1) is 24.9 Å². The van der Waals surface area contributed by atoms with E-state index in [0.29, 0.717) is 16.8 Å². The van der Waals surface area contributed by atoms with Crippen molar-refractivity contribution in [3.8, 4) is 11.8 Å². The molecule has 0 spiro atoms. The molecule has 1 amide bonds. The topological polar surface area (TPSA) is 366 Å². The molecule has 2 aliphatic heterocycles. The molecule has 338 valence electrons. The molecule has 0 aromatic heterocycles. The van der Waals surface area contributed by atoms with Crippen LogP contribution in [0.4, 0.5) is 5.69 Å². The van der Waals surface area contributed by atoms with E-state index in [4.69, 9.17) is 9.47 Å². The molecule has 0 aliphatic carbocycles. The third kappa shape index (κ3) is 15.3. The minimum absolute atomic E-state index is 0. The van der Waals surface area contributed by atoms with Crippen molar-refractivity contribution in [2.75, 3.05) is 24.6 Å². The molecule has 2 aliphatic rings. The molecule has 2 aromatic rings.